The van der Waals surface area contributed by atoms with Crippen LogP contribution in [0, 0.1) is 11.8 Å². The van der Waals surface area contributed by atoms with Crippen LogP contribution in [0.1, 0.15) is 28.4 Å². The Morgan fingerprint density at radius 2 is 1.67 bits per heavy atom. The number of fused-ring (bicyclic) bond motifs is 1. The Morgan fingerprint density at radius 3 is 2.25 bits per heavy atom. The van der Waals surface area contributed by atoms with Crippen molar-refractivity contribution in [2.75, 3.05) is 20.3 Å². The molecular weight excluding hydrogens is 472 g/mol. The molecule has 0 aromatic heterocycles. The minimum absolute atomic E-state index is 0.0220. The maximum atomic E-state index is 13.4. The summed E-state index contributed by atoms with van der Waals surface area (Å²) in [5.74, 6) is -7.02. The Morgan fingerprint density at radius 1 is 1.00 bits per heavy atom. The maximum absolute atomic E-state index is 13.4. The molecule has 0 aliphatic carbocycles. The van der Waals surface area contributed by atoms with Gasteiger partial charge in [0.1, 0.15) is 17.9 Å². The largest absolute Gasteiger partial charge is 0.492 e. The zero-order valence-corrected chi connectivity index (χ0v) is 19.2. The molecule has 0 bridgehead atoms. The van der Waals surface area contributed by atoms with E-state index in [1.165, 1.54) is 31.4 Å². The molecule has 2 fully saturated rings. The van der Waals surface area contributed by atoms with Gasteiger partial charge in [-0.15, -0.1) is 0 Å². The predicted octanol–water partition coefficient (Wildman–Crippen LogP) is 1.10. The number of carboxylic acid groups (broad SMARTS) is 2. The van der Waals surface area contributed by atoms with Gasteiger partial charge in [-0.2, -0.15) is 0 Å². The quantitative estimate of drug-likeness (QED) is 0.339. The van der Waals surface area contributed by atoms with Gasteiger partial charge in [-0.05, 0) is 29.8 Å². The molecule has 188 valence electrons. The summed E-state index contributed by atoms with van der Waals surface area (Å²) < 4.78 is 10.3. The maximum Gasteiger partial charge on any atom is 0.337 e. The first-order valence-electron chi connectivity index (χ1n) is 11.1. The van der Waals surface area contributed by atoms with Crippen molar-refractivity contribution in [2.24, 2.45) is 11.8 Å². The van der Waals surface area contributed by atoms with Crippen LogP contribution in [0.25, 0.3) is 0 Å². The number of rotatable bonds is 9. The number of benzene rings is 2. The molecule has 4 atom stereocenters. The standard InChI is InChI=1S/C25H24N2O9/c1-35-23(32)15-9-7-14(8-10-15)20-18-19(25(26-20,24(33)34)13-17(28)29)22(31)27(21(18)30)11-12-36-16-5-3-2-4-6-16/h2-10,18-20,26H,11-13H2,1H3,(H,28,29)(H,33,34). The Labute approximate surface area is 205 Å². The number of para-hydroxylation sites is 1. The van der Waals surface area contributed by atoms with Crippen molar-refractivity contribution in [3.8, 4) is 5.75 Å². The molecule has 2 aliphatic heterocycles. The van der Waals surface area contributed by atoms with Crippen LogP contribution in [0.2, 0.25) is 0 Å². The molecule has 4 rings (SSSR count). The first-order chi connectivity index (χ1) is 17.2. The van der Waals surface area contributed by atoms with E-state index in [1.807, 2.05) is 0 Å². The number of carbonyl (C=O) groups excluding carboxylic acids is 3. The number of likely N-dealkylation sites (tertiary alicyclic amines) is 1. The Balaban J connectivity index is 1.66. The Kier molecular flexibility index (Phi) is 6.75. The third-order valence-electron chi connectivity index (χ3n) is 6.57. The van der Waals surface area contributed by atoms with Crippen LogP contribution in [-0.4, -0.2) is 70.6 Å². The molecular formula is C25H24N2O9. The molecule has 11 nitrogen and oxygen atoms in total. The third-order valence-corrected chi connectivity index (χ3v) is 6.57. The number of carboxylic acids is 2. The number of methoxy groups -OCH3 is 1. The molecule has 4 unspecified atom stereocenters. The topological polar surface area (TPSA) is 160 Å². The van der Waals surface area contributed by atoms with E-state index < -0.39 is 59.6 Å². The van der Waals surface area contributed by atoms with Crippen LogP contribution >= 0.6 is 0 Å². The second-order valence-electron chi connectivity index (χ2n) is 8.58. The molecule has 2 amide bonds. The minimum atomic E-state index is -2.20. The van der Waals surface area contributed by atoms with E-state index in [0.29, 0.717) is 11.3 Å². The molecule has 2 aliphatic rings. The van der Waals surface area contributed by atoms with E-state index in [1.54, 1.807) is 30.3 Å². The normalized spacial score (nSPS) is 24.9. The number of hydrogen-bond acceptors (Lipinski definition) is 8. The van der Waals surface area contributed by atoms with Crippen LogP contribution in [-0.2, 0) is 23.9 Å². The average molecular weight is 496 g/mol. The fourth-order valence-electron chi connectivity index (χ4n) is 4.96. The molecule has 11 heteroatoms. The summed E-state index contributed by atoms with van der Waals surface area (Å²) in [6, 6.07) is 13.7. The van der Waals surface area contributed by atoms with Crippen molar-refractivity contribution in [1.29, 1.82) is 0 Å². The minimum Gasteiger partial charge on any atom is -0.492 e. The summed E-state index contributed by atoms with van der Waals surface area (Å²) in [5.41, 5.74) is -1.54. The number of imide groups is 1. The fraction of sp³-hybridized carbons (Fsp3) is 0.320. The predicted molar refractivity (Wildman–Crippen MR) is 122 cm³/mol. The molecule has 2 aromatic carbocycles. The number of nitrogens with zero attached hydrogens (tertiary/aromatic N) is 1. The smallest absolute Gasteiger partial charge is 0.337 e. The lowest BCUT2D eigenvalue weighted by molar-refractivity contribution is -0.156. The lowest BCUT2D eigenvalue weighted by Gasteiger charge is -2.29. The van der Waals surface area contributed by atoms with E-state index in [-0.39, 0.29) is 18.7 Å². The number of amides is 2. The van der Waals surface area contributed by atoms with Crippen molar-refractivity contribution >= 4 is 29.7 Å². The van der Waals surface area contributed by atoms with Crippen molar-refractivity contribution < 1.29 is 43.7 Å². The van der Waals surface area contributed by atoms with Crippen LogP contribution in [0.15, 0.2) is 54.6 Å². The molecule has 0 radical (unpaired) electrons. The number of nitrogens with one attached hydrogen (secondary N) is 1. The van der Waals surface area contributed by atoms with Crippen molar-refractivity contribution in [1.82, 2.24) is 10.2 Å². The van der Waals surface area contributed by atoms with Crippen molar-refractivity contribution in [3.05, 3.63) is 65.7 Å². The Hall–Kier alpha value is -4.25. The summed E-state index contributed by atoms with van der Waals surface area (Å²) in [7, 11) is 1.23. The zero-order chi connectivity index (χ0) is 26.0. The van der Waals surface area contributed by atoms with Crippen LogP contribution in [0.4, 0.5) is 0 Å². The van der Waals surface area contributed by atoms with Gasteiger partial charge < -0.3 is 19.7 Å². The van der Waals surface area contributed by atoms with Crippen LogP contribution in [0.3, 0.4) is 0 Å². The summed E-state index contributed by atoms with van der Waals surface area (Å²) >= 11 is 0. The van der Waals surface area contributed by atoms with E-state index in [9.17, 15) is 34.2 Å². The molecule has 2 aromatic rings. The molecule has 2 heterocycles. The van der Waals surface area contributed by atoms with Gasteiger partial charge in [0.05, 0.1) is 37.5 Å². The highest BCUT2D eigenvalue weighted by atomic mass is 16.5. The summed E-state index contributed by atoms with van der Waals surface area (Å²) in [6.45, 7) is -0.151. The summed E-state index contributed by atoms with van der Waals surface area (Å²) in [4.78, 5) is 63.6. The van der Waals surface area contributed by atoms with Crippen molar-refractivity contribution in [2.45, 2.75) is 18.0 Å². The fourth-order valence-corrected chi connectivity index (χ4v) is 4.96. The average Bonchev–Trinajstić information content (AvgIpc) is 3.33. The number of esters is 1. The van der Waals surface area contributed by atoms with Gasteiger partial charge in [-0.25, -0.2) is 4.79 Å². The van der Waals surface area contributed by atoms with Gasteiger partial charge in [-0.3, -0.25) is 29.4 Å². The Bertz CT molecular complexity index is 1200. The van der Waals surface area contributed by atoms with Gasteiger partial charge in [0.2, 0.25) is 11.8 Å². The highest BCUT2D eigenvalue weighted by Gasteiger charge is 2.69. The van der Waals surface area contributed by atoms with Gasteiger partial charge in [0.25, 0.3) is 0 Å². The van der Waals surface area contributed by atoms with E-state index in [2.05, 4.69) is 10.1 Å². The second-order valence-corrected chi connectivity index (χ2v) is 8.58. The zero-order valence-electron chi connectivity index (χ0n) is 19.2. The molecule has 36 heavy (non-hydrogen) atoms. The highest BCUT2D eigenvalue weighted by molar-refractivity contribution is 6.10. The number of hydrogen-bond donors (Lipinski definition) is 3. The first-order valence-corrected chi connectivity index (χ1v) is 11.1. The van der Waals surface area contributed by atoms with Crippen LogP contribution < -0.4 is 10.1 Å². The second kappa shape index (κ2) is 9.78. The SMILES string of the molecule is COC(=O)c1ccc(C2NC(CC(=O)O)(C(=O)O)C3C(=O)N(CCOc4ccccc4)C(=O)C23)cc1. The number of aliphatic carboxylic acids is 2. The van der Waals surface area contributed by atoms with Gasteiger partial charge >= 0.3 is 17.9 Å². The molecule has 0 spiro atoms. The summed E-state index contributed by atoms with van der Waals surface area (Å²) in [5, 5.41) is 22.4. The van der Waals surface area contributed by atoms with E-state index in [4.69, 9.17) is 4.74 Å². The molecule has 0 saturated carbocycles. The van der Waals surface area contributed by atoms with Gasteiger partial charge in [-0.1, -0.05) is 30.3 Å². The number of ether oxygens (including phenoxy) is 2. The third kappa shape index (κ3) is 4.29. The lowest BCUT2D eigenvalue weighted by Crippen LogP contribution is -2.57. The molecule has 2 saturated heterocycles. The first kappa shape index (κ1) is 24.9. The van der Waals surface area contributed by atoms with E-state index >= 15 is 0 Å². The molecule has 3 N–H and O–H groups in total. The van der Waals surface area contributed by atoms with Crippen LogP contribution in [0.5, 0.6) is 5.75 Å². The van der Waals surface area contributed by atoms with Gasteiger partial charge in [0, 0.05) is 6.04 Å². The lowest BCUT2D eigenvalue weighted by atomic mass is 9.77. The van der Waals surface area contributed by atoms with Gasteiger partial charge in [0.15, 0.2) is 0 Å². The van der Waals surface area contributed by atoms with Crippen molar-refractivity contribution in [3.63, 3.8) is 0 Å². The van der Waals surface area contributed by atoms with E-state index in [0.717, 1.165) is 4.90 Å². The number of carbonyl (C=O) groups is 5. The monoisotopic (exact) mass is 496 g/mol. The highest BCUT2D eigenvalue weighted by Crippen LogP contribution is 2.50. The summed E-state index contributed by atoms with van der Waals surface area (Å²) in [6.07, 6.45) is -0.909.